The van der Waals surface area contributed by atoms with Crippen molar-refractivity contribution in [1.29, 1.82) is 5.26 Å². The van der Waals surface area contributed by atoms with Crippen LogP contribution in [0.1, 0.15) is 5.56 Å². The fourth-order valence-electron chi connectivity index (χ4n) is 1.41. The van der Waals surface area contributed by atoms with Crippen LogP contribution in [-0.2, 0) is 0 Å². The summed E-state index contributed by atoms with van der Waals surface area (Å²) in [4.78, 5) is 0. The van der Waals surface area contributed by atoms with Crippen LogP contribution in [-0.4, -0.2) is 0 Å². The summed E-state index contributed by atoms with van der Waals surface area (Å²) in [5, 5.41) is 13.4. The molecule has 2 rings (SSSR count). The van der Waals surface area contributed by atoms with E-state index in [-0.39, 0.29) is 0 Å². The highest BCUT2D eigenvalue weighted by molar-refractivity contribution is 6.31. The molecule has 2 aromatic carbocycles. The van der Waals surface area contributed by atoms with Gasteiger partial charge in [0.2, 0.25) is 0 Å². The predicted molar refractivity (Wildman–Crippen MR) is 70.9 cm³/mol. The highest BCUT2D eigenvalue weighted by Crippen LogP contribution is 2.24. The van der Waals surface area contributed by atoms with Gasteiger partial charge in [0, 0.05) is 15.7 Å². The number of hydrogen-bond acceptors (Lipinski definition) is 2. The molecule has 4 heteroatoms. The zero-order chi connectivity index (χ0) is 12.3. The molecule has 0 amide bonds. The number of rotatable bonds is 2. The minimum absolute atomic E-state index is 0.507. The molecule has 0 heterocycles. The van der Waals surface area contributed by atoms with Crippen molar-refractivity contribution in [2.24, 2.45) is 0 Å². The lowest BCUT2D eigenvalue weighted by Crippen LogP contribution is -1.93. The van der Waals surface area contributed by atoms with E-state index in [1.165, 1.54) is 0 Å². The first kappa shape index (κ1) is 11.8. The van der Waals surface area contributed by atoms with Crippen molar-refractivity contribution in [2.45, 2.75) is 0 Å². The third-order valence-corrected chi connectivity index (χ3v) is 2.71. The number of nitrogens with one attached hydrogen (secondary N) is 1. The van der Waals surface area contributed by atoms with Crippen LogP contribution < -0.4 is 5.32 Å². The summed E-state index contributed by atoms with van der Waals surface area (Å²) in [7, 11) is 0. The number of benzene rings is 2. The highest BCUT2D eigenvalue weighted by atomic mass is 35.5. The predicted octanol–water partition coefficient (Wildman–Crippen LogP) is 4.61. The van der Waals surface area contributed by atoms with Crippen LogP contribution in [0.25, 0.3) is 0 Å². The van der Waals surface area contributed by atoms with Gasteiger partial charge >= 0.3 is 0 Å². The first-order chi connectivity index (χ1) is 8.19. The number of halogens is 2. The van der Waals surface area contributed by atoms with Crippen molar-refractivity contribution in [3.8, 4) is 6.07 Å². The third-order valence-electron chi connectivity index (χ3n) is 2.23. The quantitative estimate of drug-likeness (QED) is 0.858. The van der Waals surface area contributed by atoms with E-state index < -0.39 is 0 Å². The second-order valence-corrected chi connectivity index (χ2v) is 4.31. The SMILES string of the molecule is N#Cc1cc(Cl)ccc1Nc1ccc(Cl)cc1. The Labute approximate surface area is 109 Å². The minimum Gasteiger partial charge on any atom is -0.354 e. The molecule has 0 saturated heterocycles. The summed E-state index contributed by atoms with van der Waals surface area (Å²) < 4.78 is 0. The monoisotopic (exact) mass is 262 g/mol. The Morgan fingerprint density at radius 2 is 1.59 bits per heavy atom. The molecule has 0 aliphatic carbocycles. The molecule has 2 nitrogen and oxygen atoms in total. The normalized spacial score (nSPS) is 9.71. The Morgan fingerprint density at radius 3 is 2.24 bits per heavy atom. The van der Waals surface area contributed by atoms with Crippen molar-refractivity contribution in [2.75, 3.05) is 5.32 Å². The van der Waals surface area contributed by atoms with Gasteiger partial charge in [0.15, 0.2) is 0 Å². The van der Waals surface area contributed by atoms with E-state index >= 15 is 0 Å². The van der Waals surface area contributed by atoms with Gasteiger partial charge in [-0.05, 0) is 42.5 Å². The van der Waals surface area contributed by atoms with E-state index in [0.717, 1.165) is 11.4 Å². The van der Waals surface area contributed by atoms with Gasteiger partial charge in [-0.1, -0.05) is 23.2 Å². The highest BCUT2D eigenvalue weighted by Gasteiger charge is 2.03. The van der Waals surface area contributed by atoms with Crippen molar-refractivity contribution < 1.29 is 0 Å². The van der Waals surface area contributed by atoms with Gasteiger partial charge in [-0.15, -0.1) is 0 Å². The van der Waals surface area contributed by atoms with E-state index in [2.05, 4.69) is 11.4 Å². The van der Waals surface area contributed by atoms with Gasteiger partial charge in [0.25, 0.3) is 0 Å². The van der Waals surface area contributed by atoms with E-state index in [0.29, 0.717) is 15.6 Å². The van der Waals surface area contributed by atoms with Crippen LogP contribution in [0.5, 0.6) is 0 Å². The first-order valence-electron chi connectivity index (χ1n) is 4.91. The molecule has 0 aliphatic heterocycles. The Morgan fingerprint density at radius 1 is 0.941 bits per heavy atom. The second kappa shape index (κ2) is 5.09. The molecule has 0 saturated carbocycles. The van der Waals surface area contributed by atoms with Gasteiger partial charge in [-0.3, -0.25) is 0 Å². The molecule has 0 unspecified atom stereocenters. The van der Waals surface area contributed by atoms with Crippen LogP contribution in [0, 0.1) is 11.3 Å². The van der Waals surface area contributed by atoms with Crippen LogP contribution in [0.4, 0.5) is 11.4 Å². The van der Waals surface area contributed by atoms with E-state index in [9.17, 15) is 0 Å². The Hall–Kier alpha value is -1.69. The molecule has 1 N–H and O–H groups in total. The maximum absolute atomic E-state index is 9.00. The fourth-order valence-corrected chi connectivity index (χ4v) is 1.70. The topological polar surface area (TPSA) is 35.8 Å². The van der Waals surface area contributed by atoms with Gasteiger partial charge in [-0.25, -0.2) is 0 Å². The standard InChI is InChI=1S/C13H8Cl2N2/c14-10-1-4-12(5-2-10)17-13-6-3-11(15)7-9(13)8-16/h1-7,17H. The van der Waals surface area contributed by atoms with Gasteiger partial charge < -0.3 is 5.32 Å². The van der Waals surface area contributed by atoms with Crippen LogP contribution in [0.2, 0.25) is 10.0 Å². The second-order valence-electron chi connectivity index (χ2n) is 3.43. The zero-order valence-electron chi connectivity index (χ0n) is 8.74. The van der Waals surface area contributed by atoms with Crippen molar-refractivity contribution in [3.05, 3.63) is 58.1 Å². The molecular formula is C13H8Cl2N2. The smallest absolute Gasteiger partial charge is 0.101 e. The number of anilines is 2. The van der Waals surface area contributed by atoms with Crippen molar-refractivity contribution in [1.82, 2.24) is 0 Å². The number of nitriles is 1. The van der Waals surface area contributed by atoms with E-state index in [1.54, 1.807) is 30.3 Å². The van der Waals surface area contributed by atoms with E-state index in [4.69, 9.17) is 28.5 Å². The maximum atomic E-state index is 9.00. The van der Waals surface area contributed by atoms with Gasteiger partial charge in [-0.2, -0.15) is 5.26 Å². The molecule has 0 aromatic heterocycles. The van der Waals surface area contributed by atoms with Crippen LogP contribution in [0.15, 0.2) is 42.5 Å². The average molecular weight is 263 g/mol. The average Bonchev–Trinajstić information content (AvgIpc) is 2.34. The van der Waals surface area contributed by atoms with Crippen LogP contribution >= 0.6 is 23.2 Å². The summed E-state index contributed by atoms with van der Waals surface area (Å²) >= 11 is 11.6. The third kappa shape index (κ3) is 2.91. The summed E-state index contributed by atoms with van der Waals surface area (Å²) in [6.07, 6.45) is 0. The lowest BCUT2D eigenvalue weighted by Gasteiger charge is -2.08. The summed E-state index contributed by atoms with van der Waals surface area (Å²) in [5.74, 6) is 0. The largest absolute Gasteiger partial charge is 0.354 e. The molecule has 17 heavy (non-hydrogen) atoms. The van der Waals surface area contributed by atoms with E-state index in [1.807, 2.05) is 12.1 Å². The molecule has 84 valence electrons. The lowest BCUT2D eigenvalue weighted by atomic mass is 10.2. The van der Waals surface area contributed by atoms with Crippen molar-refractivity contribution >= 4 is 34.6 Å². The summed E-state index contributed by atoms with van der Waals surface area (Å²) in [6.45, 7) is 0. The lowest BCUT2D eigenvalue weighted by molar-refractivity contribution is 1.46. The molecule has 0 radical (unpaired) electrons. The van der Waals surface area contributed by atoms with Crippen molar-refractivity contribution in [3.63, 3.8) is 0 Å². The number of nitrogens with zero attached hydrogens (tertiary/aromatic N) is 1. The Balaban J connectivity index is 2.30. The minimum atomic E-state index is 0.507. The first-order valence-corrected chi connectivity index (χ1v) is 5.67. The zero-order valence-corrected chi connectivity index (χ0v) is 10.3. The fraction of sp³-hybridized carbons (Fsp3) is 0. The molecule has 2 aromatic rings. The summed E-state index contributed by atoms with van der Waals surface area (Å²) in [5.41, 5.74) is 2.10. The Bertz CT molecular complexity index is 571. The molecule has 0 atom stereocenters. The molecule has 0 aliphatic rings. The summed E-state index contributed by atoms with van der Waals surface area (Å²) in [6, 6.07) is 14.5. The molecule has 0 bridgehead atoms. The maximum Gasteiger partial charge on any atom is 0.101 e. The molecule has 0 fully saturated rings. The molecule has 0 spiro atoms. The van der Waals surface area contributed by atoms with Gasteiger partial charge in [0.05, 0.1) is 11.3 Å². The number of hydrogen-bond donors (Lipinski definition) is 1. The molecular weight excluding hydrogens is 255 g/mol. The Kier molecular flexibility index (Phi) is 3.53. The van der Waals surface area contributed by atoms with Gasteiger partial charge in [0.1, 0.15) is 6.07 Å². The van der Waals surface area contributed by atoms with Crippen LogP contribution in [0.3, 0.4) is 0 Å².